The molecule has 4 rings (SSSR count). The lowest BCUT2D eigenvalue weighted by Gasteiger charge is -2.12. The minimum absolute atomic E-state index is 0.174. The van der Waals surface area contributed by atoms with Gasteiger partial charge in [0.25, 0.3) is 5.91 Å². The molecule has 9 heteroatoms. The highest BCUT2D eigenvalue weighted by Gasteiger charge is 2.16. The van der Waals surface area contributed by atoms with Crippen molar-refractivity contribution in [1.82, 2.24) is 5.43 Å². The van der Waals surface area contributed by atoms with Gasteiger partial charge in [-0.1, -0.05) is 53.5 Å². The van der Waals surface area contributed by atoms with Crippen molar-refractivity contribution in [3.8, 4) is 17.2 Å². The van der Waals surface area contributed by atoms with Crippen molar-refractivity contribution in [1.29, 1.82) is 0 Å². The molecular formula is C28H22Cl2N2O5. The Morgan fingerprint density at radius 2 is 1.70 bits per heavy atom. The predicted molar refractivity (Wildman–Crippen MR) is 144 cm³/mol. The number of nitrogens with one attached hydrogen (secondary N) is 1. The quantitative estimate of drug-likeness (QED) is 0.117. The molecule has 37 heavy (non-hydrogen) atoms. The molecule has 1 N–H and O–H groups in total. The predicted octanol–water partition coefficient (Wildman–Crippen LogP) is 6.29. The zero-order valence-corrected chi connectivity index (χ0v) is 21.3. The van der Waals surface area contributed by atoms with Crippen LogP contribution in [0.1, 0.15) is 22.8 Å². The van der Waals surface area contributed by atoms with E-state index in [-0.39, 0.29) is 22.9 Å². The van der Waals surface area contributed by atoms with E-state index >= 15 is 0 Å². The van der Waals surface area contributed by atoms with Gasteiger partial charge in [0.2, 0.25) is 0 Å². The maximum absolute atomic E-state index is 12.6. The average molecular weight is 537 g/mol. The number of carbonyl (C=O) groups is 2. The lowest BCUT2D eigenvalue weighted by molar-refractivity contribution is -0.123. The van der Waals surface area contributed by atoms with Gasteiger partial charge in [-0.15, -0.1) is 0 Å². The third-order valence-electron chi connectivity index (χ3n) is 5.12. The number of rotatable bonds is 9. The topological polar surface area (TPSA) is 86.2 Å². The minimum Gasteiger partial charge on any atom is -0.490 e. The van der Waals surface area contributed by atoms with Crippen LogP contribution in [0.2, 0.25) is 10.0 Å². The number of halogens is 2. The Morgan fingerprint density at radius 1 is 0.892 bits per heavy atom. The first-order valence-electron chi connectivity index (χ1n) is 11.3. The maximum atomic E-state index is 12.6. The van der Waals surface area contributed by atoms with Gasteiger partial charge in [-0.25, -0.2) is 10.2 Å². The van der Waals surface area contributed by atoms with E-state index in [0.29, 0.717) is 28.7 Å². The van der Waals surface area contributed by atoms with Crippen molar-refractivity contribution < 1.29 is 23.8 Å². The number of hydrogen-bond donors (Lipinski definition) is 1. The summed E-state index contributed by atoms with van der Waals surface area (Å²) in [5.74, 6) is 0.0606. The number of esters is 1. The van der Waals surface area contributed by atoms with Crippen molar-refractivity contribution in [2.24, 2.45) is 5.10 Å². The van der Waals surface area contributed by atoms with Gasteiger partial charge in [-0.3, -0.25) is 4.79 Å². The molecule has 1 amide bonds. The minimum atomic E-state index is -0.650. The zero-order chi connectivity index (χ0) is 26.2. The summed E-state index contributed by atoms with van der Waals surface area (Å²) in [5, 5.41) is 6.67. The largest absolute Gasteiger partial charge is 0.490 e. The van der Waals surface area contributed by atoms with Crippen LogP contribution in [0.4, 0.5) is 0 Å². The van der Waals surface area contributed by atoms with Gasteiger partial charge in [0, 0.05) is 5.02 Å². The fourth-order valence-corrected chi connectivity index (χ4v) is 3.87. The van der Waals surface area contributed by atoms with Crippen LogP contribution < -0.4 is 19.6 Å². The number of carbonyl (C=O) groups excluding carboxylic acids is 2. The average Bonchev–Trinajstić information content (AvgIpc) is 2.89. The lowest BCUT2D eigenvalue weighted by Crippen LogP contribution is -2.24. The monoisotopic (exact) mass is 536 g/mol. The molecule has 0 spiro atoms. The van der Waals surface area contributed by atoms with Crippen molar-refractivity contribution in [2.45, 2.75) is 6.92 Å². The molecule has 0 aliphatic rings. The molecule has 188 valence electrons. The molecule has 4 aromatic carbocycles. The summed E-state index contributed by atoms with van der Waals surface area (Å²) in [7, 11) is 0. The molecule has 0 saturated carbocycles. The summed E-state index contributed by atoms with van der Waals surface area (Å²) in [4.78, 5) is 24.7. The van der Waals surface area contributed by atoms with Crippen molar-refractivity contribution in [3.05, 3.63) is 100 Å². The van der Waals surface area contributed by atoms with Crippen molar-refractivity contribution >= 4 is 52.1 Å². The van der Waals surface area contributed by atoms with E-state index in [0.717, 1.165) is 10.8 Å². The molecule has 4 aromatic rings. The van der Waals surface area contributed by atoms with Crippen LogP contribution >= 0.6 is 23.2 Å². The molecule has 0 atom stereocenters. The zero-order valence-electron chi connectivity index (χ0n) is 19.7. The molecule has 0 aliphatic carbocycles. The Balaban J connectivity index is 1.35. The van der Waals surface area contributed by atoms with Crippen molar-refractivity contribution in [3.63, 3.8) is 0 Å². The molecule has 0 radical (unpaired) electrons. The summed E-state index contributed by atoms with van der Waals surface area (Å²) in [6, 6.07) is 22.9. The first-order valence-corrected chi connectivity index (χ1v) is 12.1. The standard InChI is InChI=1S/C28H22Cl2N2O5/c1-2-35-26-13-18(7-12-25(26)37-28(34)23-11-9-21(29)15-24(23)30)16-31-32-27(33)17-36-22-10-8-19-5-3-4-6-20(19)14-22/h3-16H,2,17H2,1H3,(H,32,33)/b31-16-. The molecule has 0 bridgehead atoms. The highest BCUT2D eigenvalue weighted by Crippen LogP contribution is 2.30. The molecule has 0 aromatic heterocycles. The molecule has 0 unspecified atom stereocenters. The first kappa shape index (κ1) is 26.0. The van der Waals surface area contributed by atoms with Gasteiger partial charge in [-0.05, 0) is 71.8 Å². The summed E-state index contributed by atoms with van der Waals surface area (Å²) in [6.45, 7) is 1.95. The van der Waals surface area contributed by atoms with E-state index < -0.39 is 11.9 Å². The Hall–Kier alpha value is -4.07. The highest BCUT2D eigenvalue weighted by molar-refractivity contribution is 6.36. The summed E-state index contributed by atoms with van der Waals surface area (Å²) in [5.41, 5.74) is 3.21. The summed E-state index contributed by atoms with van der Waals surface area (Å²) in [6.07, 6.45) is 1.44. The number of benzene rings is 4. The second-order valence-corrected chi connectivity index (χ2v) is 8.59. The number of amides is 1. The lowest BCUT2D eigenvalue weighted by atomic mass is 10.1. The Labute approximate surface area is 223 Å². The third-order valence-corrected chi connectivity index (χ3v) is 5.66. The van der Waals surface area contributed by atoms with E-state index in [9.17, 15) is 9.59 Å². The van der Waals surface area contributed by atoms with Crippen LogP contribution in [0.3, 0.4) is 0 Å². The van der Waals surface area contributed by atoms with E-state index in [4.69, 9.17) is 37.4 Å². The van der Waals surface area contributed by atoms with Crippen LogP contribution in [0, 0.1) is 0 Å². The van der Waals surface area contributed by atoms with Gasteiger partial charge in [0.15, 0.2) is 18.1 Å². The van der Waals surface area contributed by atoms with E-state index in [1.165, 1.54) is 18.3 Å². The third kappa shape index (κ3) is 7.00. The van der Waals surface area contributed by atoms with E-state index in [1.54, 1.807) is 31.2 Å². The van der Waals surface area contributed by atoms with Gasteiger partial charge in [0.05, 0.1) is 23.4 Å². The Bertz CT molecular complexity index is 1470. The van der Waals surface area contributed by atoms with Crippen LogP contribution in [0.15, 0.2) is 84.0 Å². The SMILES string of the molecule is CCOc1cc(/C=N\NC(=O)COc2ccc3ccccc3c2)ccc1OC(=O)c1ccc(Cl)cc1Cl. The second kappa shape index (κ2) is 12.3. The second-order valence-electron chi connectivity index (χ2n) is 7.74. The Morgan fingerprint density at radius 3 is 2.49 bits per heavy atom. The number of nitrogens with zero attached hydrogens (tertiary/aromatic N) is 1. The maximum Gasteiger partial charge on any atom is 0.345 e. The molecule has 0 aliphatic heterocycles. The molecule has 0 fully saturated rings. The van der Waals surface area contributed by atoms with Crippen LogP contribution in [0.5, 0.6) is 17.2 Å². The normalized spacial score (nSPS) is 10.9. The van der Waals surface area contributed by atoms with E-state index in [1.807, 2.05) is 42.5 Å². The number of ether oxygens (including phenoxy) is 3. The van der Waals surface area contributed by atoms with Gasteiger partial charge in [0.1, 0.15) is 5.75 Å². The van der Waals surface area contributed by atoms with Crippen LogP contribution in [-0.4, -0.2) is 31.3 Å². The van der Waals surface area contributed by atoms with Crippen molar-refractivity contribution in [2.75, 3.05) is 13.2 Å². The number of fused-ring (bicyclic) bond motifs is 1. The molecule has 0 heterocycles. The van der Waals surface area contributed by atoms with Gasteiger partial charge >= 0.3 is 5.97 Å². The highest BCUT2D eigenvalue weighted by atomic mass is 35.5. The molecular weight excluding hydrogens is 515 g/mol. The number of hydrogen-bond acceptors (Lipinski definition) is 6. The molecule has 7 nitrogen and oxygen atoms in total. The summed E-state index contributed by atoms with van der Waals surface area (Å²) >= 11 is 12.0. The first-order chi connectivity index (χ1) is 17.9. The molecule has 0 saturated heterocycles. The van der Waals surface area contributed by atoms with Gasteiger partial charge < -0.3 is 14.2 Å². The van der Waals surface area contributed by atoms with Gasteiger partial charge in [-0.2, -0.15) is 5.10 Å². The fourth-order valence-electron chi connectivity index (χ4n) is 3.38. The fraction of sp³-hybridized carbons (Fsp3) is 0.107. The smallest absolute Gasteiger partial charge is 0.345 e. The van der Waals surface area contributed by atoms with Crippen LogP contribution in [-0.2, 0) is 4.79 Å². The van der Waals surface area contributed by atoms with E-state index in [2.05, 4.69) is 10.5 Å². The number of hydrazone groups is 1. The Kier molecular flexibility index (Phi) is 8.61. The van der Waals surface area contributed by atoms with Crippen LogP contribution in [0.25, 0.3) is 10.8 Å². The summed E-state index contributed by atoms with van der Waals surface area (Å²) < 4.78 is 16.7.